The molecule has 0 fully saturated rings. The van der Waals surface area contributed by atoms with Crippen LogP contribution in [0.2, 0.25) is 5.02 Å². The Kier molecular flexibility index (Phi) is 4.44. The summed E-state index contributed by atoms with van der Waals surface area (Å²) in [6.45, 7) is 0. The molecule has 0 radical (unpaired) electrons. The topological polar surface area (TPSA) is 84.6 Å². The number of amides is 1. The Labute approximate surface area is 122 Å². The monoisotopic (exact) mass is 309 g/mol. The predicted molar refractivity (Wildman–Crippen MR) is 77.5 cm³/mol. The van der Waals surface area contributed by atoms with Crippen LogP contribution in [-0.2, 0) is 0 Å². The largest absolute Gasteiger partial charge is 0.324 e. The van der Waals surface area contributed by atoms with E-state index in [-0.39, 0.29) is 5.00 Å². The molecule has 20 heavy (non-hydrogen) atoms. The highest BCUT2D eigenvalue weighted by atomic mass is 35.5. The van der Waals surface area contributed by atoms with Gasteiger partial charge in [0.15, 0.2) is 0 Å². The van der Waals surface area contributed by atoms with Crippen molar-refractivity contribution in [2.45, 2.75) is 0 Å². The smallest absolute Gasteiger partial charge is 0.267 e. The van der Waals surface area contributed by atoms with Gasteiger partial charge in [0, 0.05) is 16.7 Å². The van der Waals surface area contributed by atoms with Gasteiger partial charge in [-0.15, -0.1) is 0 Å². The van der Waals surface area contributed by atoms with Gasteiger partial charge in [0.05, 0.1) is 16.0 Å². The zero-order valence-corrected chi connectivity index (χ0v) is 11.5. The first-order valence-electron chi connectivity index (χ1n) is 5.39. The molecule has 102 valence electrons. The number of nitrogens with one attached hydrogen (secondary N) is 1. The molecule has 0 saturated heterocycles. The van der Waals surface area contributed by atoms with Crippen LogP contribution >= 0.6 is 22.9 Å². The quantitative estimate of drug-likeness (QED) is 0.535. The first-order valence-corrected chi connectivity index (χ1v) is 6.59. The van der Waals surface area contributed by atoms with E-state index in [9.17, 15) is 14.9 Å². The molecule has 0 saturated carbocycles. The summed E-state index contributed by atoms with van der Waals surface area (Å²) in [7, 11) is 0. The second-order valence-corrected chi connectivity index (χ2v) is 5.17. The predicted octanol–water partition coefficient (Wildman–Crippen LogP) is 3.07. The first kappa shape index (κ1) is 14.2. The van der Waals surface area contributed by atoms with E-state index in [0.717, 1.165) is 11.3 Å². The van der Waals surface area contributed by atoms with Crippen molar-refractivity contribution in [3.05, 3.63) is 62.0 Å². The molecule has 2 rings (SSSR count). The Balaban J connectivity index is 1.99. The lowest BCUT2D eigenvalue weighted by Crippen LogP contribution is -2.17. The molecule has 0 aliphatic carbocycles. The lowest BCUT2D eigenvalue weighted by atomic mass is 10.2. The van der Waals surface area contributed by atoms with E-state index in [1.807, 2.05) is 0 Å². The molecule has 0 unspecified atom stereocenters. The molecule has 0 spiro atoms. The van der Waals surface area contributed by atoms with Crippen molar-refractivity contribution in [3.8, 4) is 0 Å². The number of hydrogen-bond acceptors (Lipinski definition) is 5. The minimum atomic E-state index is -0.480. The maximum Gasteiger partial charge on any atom is 0.324 e. The number of benzene rings is 1. The third-order valence-corrected chi connectivity index (χ3v) is 3.44. The van der Waals surface area contributed by atoms with Gasteiger partial charge in [-0.05, 0) is 24.3 Å². The van der Waals surface area contributed by atoms with E-state index in [2.05, 4.69) is 10.5 Å². The van der Waals surface area contributed by atoms with Crippen molar-refractivity contribution >= 4 is 40.1 Å². The van der Waals surface area contributed by atoms with Crippen LogP contribution in [0.25, 0.3) is 0 Å². The summed E-state index contributed by atoms with van der Waals surface area (Å²) in [5.41, 5.74) is 2.70. The third kappa shape index (κ3) is 3.62. The molecule has 6 nitrogen and oxygen atoms in total. The molecule has 1 N–H and O–H groups in total. The van der Waals surface area contributed by atoms with Crippen molar-refractivity contribution in [2.24, 2.45) is 5.10 Å². The maximum atomic E-state index is 11.7. The number of rotatable bonds is 4. The zero-order chi connectivity index (χ0) is 14.5. The molecule has 2 aromatic rings. The highest BCUT2D eigenvalue weighted by Gasteiger charge is 2.08. The van der Waals surface area contributed by atoms with E-state index in [0.29, 0.717) is 15.5 Å². The average molecular weight is 310 g/mol. The molecular weight excluding hydrogens is 302 g/mol. The molecule has 8 heteroatoms. The molecule has 1 heterocycles. The Morgan fingerprint density at radius 2 is 2.20 bits per heavy atom. The van der Waals surface area contributed by atoms with Crippen LogP contribution in [0, 0.1) is 10.1 Å². The highest BCUT2D eigenvalue weighted by molar-refractivity contribution is 7.16. The minimum absolute atomic E-state index is 0.0209. The second-order valence-electron chi connectivity index (χ2n) is 3.64. The average Bonchev–Trinajstić information content (AvgIpc) is 2.87. The number of thiophene rings is 1. The molecule has 0 aliphatic rings. The second kappa shape index (κ2) is 6.27. The minimum Gasteiger partial charge on any atom is -0.267 e. The Morgan fingerprint density at radius 1 is 1.40 bits per heavy atom. The van der Waals surface area contributed by atoms with Gasteiger partial charge in [-0.3, -0.25) is 14.9 Å². The lowest BCUT2D eigenvalue weighted by Gasteiger charge is -1.99. The summed E-state index contributed by atoms with van der Waals surface area (Å²) in [5, 5.41) is 14.7. The number of hydrogen-bond donors (Lipinski definition) is 1. The Morgan fingerprint density at radius 3 is 2.85 bits per heavy atom. The Hall–Kier alpha value is -2.25. The van der Waals surface area contributed by atoms with Gasteiger partial charge in [-0.1, -0.05) is 29.0 Å². The fourth-order valence-electron chi connectivity index (χ4n) is 1.36. The van der Waals surface area contributed by atoms with Gasteiger partial charge in [-0.25, -0.2) is 5.43 Å². The van der Waals surface area contributed by atoms with Crippen LogP contribution < -0.4 is 5.43 Å². The summed E-state index contributed by atoms with van der Waals surface area (Å²) in [4.78, 5) is 22.3. The van der Waals surface area contributed by atoms with E-state index in [1.54, 1.807) is 24.3 Å². The molecule has 0 bridgehead atoms. The fraction of sp³-hybridized carbons (Fsp3) is 0. The van der Waals surface area contributed by atoms with Gasteiger partial charge < -0.3 is 0 Å². The van der Waals surface area contributed by atoms with Crippen LogP contribution in [0.1, 0.15) is 15.2 Å². The van der Waals surface area contributed by atoms with Crippen molar-refractivity contribution in [1.29, 1.82) is 0 Å². The van der Waals surface area contributed by atoms with E-state index >= 15 is 0 Å². The Bertz CT molecular complexity index is 684. The zero-order valence-electron chi connectivity index (χ0n) is 9.95. The number of halogens is 1. The standard InChI is InChI=1S/C12H8ClN3O3S/c13-9-3-1-2-8(6-9)12(17)15-14-7-10-4-5-11(20-10)16(18)19/h1-7H,(H,15,17)/b14-7+. The normalized spacial score (nSPS) is 10.7. The van der Waals surface area contributed by atoms with E-state index < -0.39 is 10.8 Å². The van der Waals surface area contributed by atoms with Gasteiger partial charge in [0.1, 0.15) is 0 Å². The number of nitro groups is 1. The third-order valence-electron chi connectivity index (χ3n) is 2.24. The molecule has 0 atom stereocenters. The number of carbonyl (C=O) groups excluding carboxylic acids is 1. The van der Waals surface area contributed by atoms with Crippen molar-refractivity contribution in [3.63, 3.8) is 0 Å². The molecule has 0 aliphatic heterocycles. The molecule has 1 aromatic carbocycles. The van der Waals surface area contributed by atoms with Crippen molar-refractivity contribution in [1.82, 2.24) is 5.43 Å². The first-order chi connectivity index (χ1) is 9.56. The summed E-state index contributed by atoms with van der Waals surface area (Å²) in [6.07, 6.45) is 1.35. The molecule has 1 amide bonds. The molecule has 1 aromatic heterocycles. The summed E-state index contributed by atoms with van der Waals surface area (Å²) in [5.74, 6) is -0.408. The molecular formula is C12H8ClN3O3S. The van der Waals surface area contributed by atoms with Crippen LogP contribution in [0.5, 0.6) is 0 Å². The van der Waals surface area contributed by atoms with Crippen LogP contribution in [0.3, 0.4) is 0 Å². The highest BCUT2D eigenvalue weighted by Crippen LogP contribution is 2.22. The van der Waals surface area contributed by atoms with Gasteiger partial charge in [-0.2, -0.15) is 5.10 Å². The van der Waals surface area contributed by atoms with Gasteiger partial charge >= 0.3 is 5.00 Å². The SMILES string of the molecule is O=C(N/N=C/c1ccc([N+](=O)[O-])s1)c1cccc(Cl)c1. The van der Waals surface area contributed by atoms with Crippen molar-refractivity contribution < 1.29 is 9.72 Å². The van der Waals surface area contributed by atoms with Crippen LogP contribution in [0.4, 0.5) is 5.00 Å². The van der Waals surface area contributed by atoms with Crippen LogP contribution in [0.15, 0.2) is 41.5 Å². The number of hydrazone groups is 1. The van der Waals surface area contributed by atoms with E-state index in [1.165, 1.54) is 18.3 Å². The van der Waals surface area contributed by atoms with Crippen LogP contribution in [-0.4, -0.2) is 17.0 Å². The summed E-state index contributed by atoms with van der Waals surface area (Å²) < 4.78 is 0. The van der Waals surface area contributed by atoms with Crippen molar-refractivity contribution in [2.75, 3.05) is 0 Å². The fourth-order valence-corrected chi connectivity index (χ4v) is 2.24. The maximum absolute atomic E-state index is 11.7. The lowest BCUT2D eigenvalue weighted by molar-refractivity contribution is -0.380. The summed E-state index contributed by atoms with van der Waals surface area (Å²) >= 11 is 6.74. The van der Waals surface area contributed by atoms with Gasteiger partial charge in [0.2, 0.25) is 0 Å². The number of carbonyl (C=O) groups is 1. The van der Waals surface area contributed by atoms with Gasteiger partial charge in [0.25, 0.3) is 5.91 Å². The summed E-state index contributed by atoms with van der Waals surface area (Å²) in [6, 6.07) is 9.37. The number of nitrogens with zero attached hydrogens (tertiary/aromatic N) is 2. The van der Waals surface area contributed by atoms with E-state index in [4.69, 9.17) is 11.6 Å².